The van der Waals surface area contributed by atoms with Crippen molar-refractivity contribution in [3.05, 3.63) is 0 Å². The molecule has 0 N–H and O–H groups in total. The highest BCUT2D eigenvalue weighted by atomic mass is 32.2. The Morgan fingerprint density at radius 2 is 2.00 bits per heavy atom. The van der Waals surface area contributed by atoms with Crippen molar-refractivity contribution in [1.29, 1.82) is 0 Å². The molecule has 0 aliphatic rings. The summed E-state index contributed by atoms with van der Waals surface area (Å²) in [6, 6.07) is 0. The second-order valence-electron chi connectivity index (χ2n) is 2.00. The van der Waals surface area contributed by atoms with E-state index in [0.29, 0.717) is 0 Å². The van der Waals surface area contributed by atoms with Crippen LogP contribution in [0.3, 0.4) is 0 Å². The first-order valence-corrected chi connectivity index (χ1v) is 4.58. The predicted molar refractivity (Wildman–Crippen MR) is 45.9 cm³/mol. The molecule has 0 rings (SSSR count). The van der Waals surface area contributed by atoms with Crippen molar-refractivity contribution in [2.24, 2.45) is 0 Å². The van der Waals surface area contributed by atoms with Crippen molar-refractivity contribution in [3.63, 3.8) is 0 Å². The van der Waals surface area contributed by atoms with E-state index in [1.165, 1.54) is 6.92 Å². The first kappa shape index (κ1) is 11.3. The first-order valence-electron chi connectivity index (χ1n) is 3.59. The van der Waals surface area contributed by atoms with Gasteiger partial charge < -0.3 is 9.47 Å². The lowest BCUT2D eigenvalue weighted by atomic mass is 10.6. The Kier molecular flexibility index (Phi) is 6.55. The second kappa shape index (κ2) is 6.97. The molecule has 0 bridgehead atoms. The van der Waals surface area contributed by atoms with Crippen LogP contribution < -0.4 is 0 Å². The maximum atomic E-state index is 10.7. The van der Waals surface area contributed by atoms with Gasteiger partial charge in [-0.1, -0.05) is 6.92 Å². The standard InChI is InChI=1S/C7H12O4S/c1-3-4-12-7(9)11-5-10-6(2)8/h3-5H2,1-2H3. The van der Waals surface area contributed by atoms with Gasteiger partial charge in [-0.2, -0.15) is 0 Å². The summed E-state index contributed by atoms with van der Waals surface area (Å²) in [6.07, 6.45) is 0.910. The lowest BCUT2D eigenvalue weighted by Gasteiger charge is -2.02. The fourth-order valence-corrected chi connectivity index (χ4v) is 0.890. The van der Waals surface area contributed by atoms with Crippen LogP contribution in [0.1, 0.15) is 20.3 Å². The van der Waals surface area contributed by atoms with Gasteiger partial charge in [0.2, 0.25) is 6.79 Å². The lowest BCUT2D eigenvalue weighted by molar-refractivity contribution is -0.148. The number of hydrogen-bond acceptors (Lipinski definition) is 5. The number of carbonyl (C=O) groups excluding carboxylic acids is 2. The molecular weight excluding hydrogens is 180 g/mol. The summed E-state index contributed by atoms with van der Waals surface area (Å²) in [4.78, 5) is 21.0. The predicted octanol–water partition coefficient (Wildman–Crippen LogP) is 1.79. The molecule has 4 nitrogen and oxygen atoms in total. The van der Waals surface area contributed by atoms with Crippen LogP contribution in [0.5, 0.6) is 0 Å². The van der Waals surface area contributed by atoms with Crippen molar-refractivity contribution in [3.8, 4) is 0 Å². The van der Waals surface area contributed by atoms with E-state index in [2.05, 4.69) is 9.47 Å². The van der Waals surface area contributed by atoms with E-state index in [-0.39, 0.29) is 6.79 Å². The average molecular weight is 192 g/mol. The van der Waals surface area contributed by atoms with Crippen LogP contribution in [0.15, 0.2) is 0 Å². The van der Waals surface area contributed by atoms with Crippen molar-refractivity contribution in [1.82, 2.24) is 0 Å². The summed E-state index contributed by atoms with van der Waals surface area (Å²) in [6.45, 7) is 2.93. The molecule has 5 heteroatoms. The minimum atomic E-state index is -0.455. The number of hydrogen-bond donors (Lipinski definition) is 0. The van der Waals surface area contributed by atoms with E-state index in [1.807, 2.05) is 6.92 Å². The van der Waals surface area contributed by atoms with E-state index in [1.54, 1.807) is 0 Å². The molecule has 0 aromatic carbocycles. The van der Waals surface area contributed by atoms with Crippen molar-refractivity contribution < 1.29 is 19.1 Å². The monoisotopic (exact) mass is 192 g/mol. The third-order valence-electron chi connectivity index (χ3n) is 0.863. The van der Waals surface area contributed by atoms with E-state index < -0.39 is 11.3 Å². The smallest absolute Gasteiger partial charge is 0.370 e. The highest BCUT2D eigenvalue weighted by molar-refractivity contribution is 8.13. The van der Waals surface area contributed by atoms with Crippen LogP contribution in [0, 0.1) is 0 Å². The van der Waals surface area contributed by atoms with Gasteiger partial charge in [0.05, 0.1) is 0 Å². The Labute approximate surface area is 75.6 Å². The zero-order valence-corrected chi connectivity index (χ0v) is 7.98. The minimum Gasteiger partial charge on any atom is -0.428 e. The number of rotatable bonds is 4. The molecule has 0 aliphatic carbocycles. The summed E-state index contributed by atoms with van der Waals surface area (Å²) in [5, 5.41) is -0.405. The number of thioether (sulfide) groups is 1. The number of ether oxygens (including phenoxy) is 2. The van der Waals surface area contributed by atoms with E-state index in [4.69, 9.17) is 0 Å². The molecule has 0 heterocycles. The van der Waals surface area contributed by atoms with Crippen molar-refractivity contribution in [2.45, 2.75) is 20.3 Å². The highest BCUT2D eigenvalue weighted by Gasteiger charge is 2.02. The van der Waals surface area contributed by atoms with Crippen LogP contribution in [-0.4, -0.2) is 23.8 Å². The van der Waals surface area contributed by atoms with E-state index >= 15 is 0 Å². The van der Waals surface area contributed by atoms with E-state index in [0.717, 1.165) is 23.9 Å². The topological polar surface area (TPSA) is 52.6 Å². The lowest BCUT2D eigenvalue weighted by Crippen LogP contribution is -2.07. The molecule has 0 aliphatic heterocycles. The molecule has 70 valence electrons. The number of carbonyl (C=O) groups is 2. The van der Waals surface area contributed by atoms with Gasteiger partial charge in [0.1, 0.15) is 0 Å². The molecule has 0 spiro atoms. The fourth-order valence-electron chi connectivity index (χ4n) is 0.388. The van der Waals surface area contributed by atoms with Crippen LogP contribution in [0.25, 0.3) is 0 Å². The Bertz CT molecular complexity index is 157. The Balaban J connectivity index is 3.25. The Morgan fingerprint density at radius 1 is 1.33 bits per heavy atom. The van der Waals surface area contributed by atoms with Crippen LogP contribution in [-0.2, 0) is 14.3 Å². The van der Waals surface area contributed by atoms with E-state index in [9.17, 15) is 9.59 Å². The normalized spacial score (nSPS) is 9.17. The van der Waals surface area contributed by atoms with Gasteiger partial charge in [-0.25, -0.2) is 4.79 Å². The molecule has 0 amide bonds. The first-order chi connectivity index (χ1) is 5.66. The van der Waals surface area contributed by atoms with Crippen LogP contribution in [0.4, 0.5) is 4.79 Å². The molecule has 0 saturated carbocycles. The fraction of sp³-hybridized carbons (Fsp3) is 0.714. The zero-order valence-electron chi connectivity index (χ0n) is 7.16. The summed E-state index contributed by atoms with van der Waals surface area (Å²) in [5.41, 5.74) is 0. The van der Waals surface area contributed by atoms with Gasteiger partial charge in [0.25, 0.3) is 0 Å². The summed E-state index contributed by atoms with van der Waals surface area (Å²) in [7, 11) is 0. The maximum Gasteiger partial charge on any atom is 0.370 e. The Hall–Kier alpha value is -0.710. The average Bonchev–Trinajstić information content (AvgIpc) is 2.00. The van der Waals surface area contributed by atoms with Gasteiger partial charge in [0.15, 0.2) is 0 Å². The summed E-state index contributed by atoms with van der Waals surface area (Å²) in [5.74, 6) is 0.266. The van der Waals surface area contributed by atoms with Crippen molar-refractivity contribution >= 4 is 23.0 Å². The largest absolute Gasteiger partial charge is 0.428 e. The van der Waals surface area contributed by atoms with Gasteiger partial charge in [-0.3, -0.25) is 4.79 Å². The van der Waals surface area contributed by atoms with Gasteiger partial charge >= 0.3 is 11.3 Å². The molecule has 0 radical (unpaired) electrons. The molecule has 0 aromatic rings. The molecule has 0 aromatic heterocycles. The molecule has 0 saturated heterocycles. The minimum absolute atomic E-state index is 0.287. The summed E-state index contributed by atoms with van der Waals surface area (Å²) < 4.78 is 8.93. The molecule has 12 heavy (non-hydrogen) atoms. The van der Waals surface area contributed by atoms with Gasteiger partial charge in [-0.05, 0) is 18.2 Å². The molecule has 0 atom stereocenters. The molecule has 0 unspecified atom stereocenters. The van der Waals surface area contributed by atoms with Gasteiger partial charge in [-0.15, -0.1) is 0 Å². The van der Waals surface area contributed by atoms with Crippen molar-refractivity contribution in [2.75, 3.05) is 12.5 Å². The Morgan fingerprint density at radius 3 is 2.50 bits per heavy atom. The molecular formula is C7H12O4S. The van der Waals surface area contributed by atoms with Crippen LogP contribution >= 0.6 is 11.8 Å². The third-order valence-corrected chi connectivity index (χ3v) is 1.83. The quantitative estimate of drug-likeness (QED) is 0.502. The van der Waals surface area contributed by atoms with Crippen LogP contribution in [0.2, 0.25) is 0 Å². The maximum absolute atomic E-state index is 10.7. The second-order valence-corrected chi connectivity index (χ2v) is 3.03. The zero-order chi connectivity index (χ0) is 9.40. The highest BCUT2D eigenvalue weighted by Crippen LogP contribution is 2.06. The number of esters is 1. The summed E-state index contributed by atoms with van der Waals surface area (Å²) >= 11 is 1.08. The molecule has 0 fully saturated rings. The SMILES string of the molecule is CCCSC(=O)OCOC(C)=O. The van der Waals surface area contributed by atoms with Gasteiger partial charge in [0, 0.05) is 12.7 Å². The third kappa shape index (κ3) is 7.40.